The molecule has 30 heavy (non-hydrogen) atoms. The Morgan fingerprint density at radius 3 is 1.63 bits per heavy atom. The highest BCUT2D eigenvalue weighted by molar-refractivity contribution is 6.01. The first-order chi connectivity index (χ1) is 14.4. The van der Waals surface area contributed by atoms with Crippen LogP contribution in [0.25, 0.3) is 0 Å². The zero-order chi connectivity index (χ0) is 22.3. The summed E-state index contributed by atoms with van der Waals surface area (Å²) < 4.78 is 21.0. The molecule has 0 aromatic heterocycles. The van der Waals surface area contributed by atoms with Gasteiger partial charge in [-0.15, -0.1) is 0 Å². The number of aromatic hydroxyl groups is 2. The fraction of sp³-hybridized carbons (Fsp3) is 0.409. The van der Waals surface area contributed by atoms with Crippen LogP contribution < -0.4 is 24.4 Å². The molecule has 0 aliphatic heterocycles. The Morgan fingerprint density at radius 2 is 1.27 bits per heavy atom. The van der Waals surface area contributed by atoms with Crippen LogP contribution in [0.1, 0.15) is 43.9 Å². The van der Waals surface area contributed by atoms with E-state index in [1.165, 1.54) is 28.4 Å². The second kappa shape index (κ2) is 10.5. The smallest absolute Gasteiger partial charge is 0.200 e. The van der Waals surface area contributed by atoms with E-state index >= 15 is 0 Å². The van der Waals surface area contributed by atoms with Gasteiger partial charge in [0.15, 0.2) is 23.0 Å². The van der Waals surface area contributed by atoms with E-state index in [2.05, 4.69) is 10.5 Å². The Bertz CT molecular complexity index is 847. The van der Waals surface area contributed by atoms with Gasteiger partial charge < -0.3 is 34.6 Å². The minimum absolute atomic E-state index is 0.0420. The van der Waals surface area contributed by atoms with Gasteiger partial charge in [-0.2, -0.15) is 5.10 Å². The van der Waals surface area contributed by atoms with Crippen molar-refractivity contribution in [2.75, 3.05) is 28.4 Å². The highest BCUT2D eigenvalue weighted by atomic mass is 16.5. The number of methoxy groups -OCH3 is 4. The van der Waals surface area contributed by atoms with E-state index in [0.717, 1.165) is 23.3 Å². The summed E-state index contributed by atoms with van der Waals surface area (Å²) in [4.78, 5) is 0. The molecule has 1 atom stereocenters. The summed E-state index contributed by atoms with van der Waals surface area (Å²) in [6.07, 6.45) is 1.38. The van der Waals surface area contributed by atoms with Crippen LogP contribution in [0.2, 0.25) is 0 Å². The van der Waals surface area contributed by atoms with Crippen molar-refractivity contribution in [3.8, 4) is 34.5 Å². The number of hydrogen-bond acceptors (Lipinski definition) is 8. The van der Waals surface area contributed by atoms with Crippen molar-refractivity contribution in [3.63, 3.8) is 0 Å². The molecule has 2 aromatic rings. The van der Waals surface area contributed by atoms with E-state index in [1.54, 1.807) is 24.3 Å². The zero-order valence-corrected chi connectivity index (χ0v) is 18.3. The van der Waals surface area contributed by atoms with Crippen LogP contribution >= 0.6 is 0 Å². The highest BCUT2D eigenvalue weighted by Gasteiger charge is 2.18. The number of phenols is 2. The Labute approximate surface area is 177 Å². The first kappa shape index (κ1) is 23.0. The lowest BCUT2D eigenvalue weighted by molar-refractivity contribution is 0.338. The quantitative estimate of drug-likeness (QED) is 0.396. The van der Waals surface area contributed by atoms with Crippen LogP contribution in [-0.4, -0.2) is 44.4 Å². The van der Waals surface area contributed by atoms with E-state index < -0.39 is 0 Å². The molecule has 2 rings (SSSR count). The third kappa shape index (κ3) is 4.82. The number of hydrogen-bond donors (Lipinski definition) is 3. The van der Waals surface area contributed by atoms with Crippen molar-refractivity contribution in [1.82, 2.24) is 5.43 Å². The van der Waals surface area contributed by atoms with Gasteiger partial charge in [0.2, 0.25) is 11.5 Å². The Morgan fingerprint density at radius 1 is 0.833 bits per heavy atom. The fourth-order valence-corrected chi connectivity index (χ4v) is 3.08. The van der Waals surface area contributed by atoms with Gasteiger partial charge in [-0.05, 0) is 42.7 Å². The maximum Gasteiger partial charge on any atom is 0.200 e. The molecule has 0 radical (unpaired) electrons. The van der Waals surface area contributed by atoms with Crippen molar-refractivity contribution >= 4 is 5.71 Å². The SMILES string of the molecule is CCC(=NNC(CC)c1cc(OC)c(O)c(OC)c1)c1cc(OC)c(O)c(OC)c1. The summed E-state index contributed by atoms with van der Waals surface area (Å²) in [5.41, 5.74) is 5.60. The maximum atomic E-state index is 10.2. The molecule has 8 heteroatoms. The minimum Gasteiger partial charge on any atom is -0.502 e. The van der Waals surface area contributed by atoms with E-state index in [-0.39, 0.29) is 17.5 Å². The predicted molar refractivity (Wildman–Crippen MR) is 115 cm³/mol. The molecule has 0 aliphatic rings. The third-order valence-corrected chi connectivity index (χ3v) is 4.82. The topological polar surface area (TPSA) is 102 Å². The summed E-state index contributed by atoms with van der Waals surface area (Å²) in [7, 11) is 5.95. The number of nitrogens with one attached hydrogen (secondary N) is 1. The number of hydrazone groups is 1. The Kier molecular flexibility index (Phi) is 8.03. The molecular formula is C22H30N2O6. The maximum absolute atomic E-state index is 10.2. The Hall–Kier alpha value is -3.29. The van der Waals surface area contributed by atoms with Crippen molar-refractivity contribution < 1.29 is 29.2 Å². The molecule has 2 aromatic carbocycles. The van der Waals surface area contributed by atoms with Gasteiger partial charge in [0, 0.05) is 5.56 Å². The van der Waals surface area contributed by atoms with E-state index in [1.807, 2.05) is 13.8 Å². The van der Waals surface area contributed by atoms with E-state index in [4.69, 9.17) is 18.9 Å². The van der Waals surface area contributed by atoms with E-state index in [0.29, 0.717) is 29.4 Å². The predicted octanol–water partition coefficient (Wildman–Crippen LogP) is 3.99. The van der Waals surface area contributed by atoms with Crippen molar-refractivity contribution in [1.29, 1.82) is 0 Å². The van der Waals surface area contributed by atoms with Crippen LogP contribution in [0.5, 0.6) is 34.5 Å². The first-order valence-corrected chi connectivity index (χ1v) is 9.66. The van der Waals surface area contributed by atoms with Crippen LogP contribution in [-0.2, 0) is 0 Å². The summed E-state index contributed by atoms with van der Waals surface area (Å²) in [6, 6.07) is 6.81. The normalized spacial score (nSPS) is 12.3. The number of phenolic OH excluding ortho intramolecular Hbond substituents is 2. The van der Waals surface area contributed by atoms with Crippen LogP contribution in [0, 0.1) is 0 Å². The van der Waals surface area contributed by atoms with Crippen LogP contribution in [0.3, 0.4) is 0 Å². The molecule has 0 bridgehead atoms. The number of ether oxygens (including phenoxy) is 4. The highest BCUT2D eigenvalue weighted by Crippen LogP contribution is 2.39. The van der Waals surface area contributed by atoms with Gasteiger partial charge >= 0.3 is 0 Å². The van der Waals surface area contributed by atoms with E-state index in [9.17, 15) is 10.2 Å². The van der Waals surface area contributed by atoms with Crippen molar-refractivity contribution in [3.05, 3.63) is 35.4 Å². The summed E-state index contributed by atoms with van der Waals surface area (Å²) in [5, 5.41) is 24.9. The molecular weight excluding hydrogens is 388 g/mol. The van der Waals surface area contributed by atoms with Crippen molar-refractivity contribution in [2.45, 2.75) is 32.7 Å². The lowest BCUT2D eigenvalue weighted by Gasteiger charge is -2.19. The monoisotopic (exact) mass is 418 g/mol. The zero-order valence-electron chi connectivity index (χ0n) is 18.3. The first-order valence-electron chi connectivity index (χ1n) is 9.66. The largest absolute Gasteiger partial charge is 0.502 e. The minimum atomic E-state index is -0.143. The molecule has 3 N–H and O–H groups in total. The molecule has 0 aliphatic carbocycles. The van der Waals surface area contributed by atoms with Gasteiger partial charge in [0.1, 0.15) is 0 Å². The summed E-state index contributed by atoms with van der Waals surface area (Å²) >= 11 is 0. The molecule has 0 heterocycles. The standard InChI is InChI=1S/C22H30N2O6/c1-7-15(13-9-17(27-3)21(25)18(10-13)28-4)23-24-16(8-2)14-11-19(29-5)22(26)20(12-14)30-6/h9-12,15,23,25-26H,7-8H2,1-6H3. The third-order valence-electron chi connectivity index (χ3n) is 4.82. The average Bonchev–Trinajstić information content (AvgIpc) is 2.77. The number of benzene rings is 2. The average molecular weight is 418 g/mol. The summed E-state index contributed by atoms with van der Waals surface area (Å²) in [5.74, 6) is 1.19. The van der Waals surface area contributed by atoms with Gasteiger partial charge in [-0.25, -0.2) is 0 Å². The molecule has 0 saturated heterocycles. The molecule has 0 amide bonds. The lowest BCUT2D eigenvalue weighted by atomic mass is 10.0. The van der Waals surface area contributed by atoms with Gasteiger partial charge in [-0.1, -0.05) is 13.8 Å². The van der Waals surface area contributed by atoms with Crippen molar-refractivity contribution in [2.24, 2.45) is 5.10 Å². The Balaban J connectivity index is 2.40. The molecule has 8 nitrogen and oxygen atoms in total. The van der Waals surface area contributed by atoms with Crippen LogP contribution in [0.15, 0.2) is 29.4 Å². The molecule has 0 spiro atoms. The fourth-order valence-electron chi connectivity index (χ4n) is 3.08. The van der Waals surface area contributed by atoms with Gasteiger partial charge in [0.25, 0.3) is 0 Å². The second-order valence-corrected chi connectivity index (χ2v) is 6.51. The number of rotatable bonds is 10. The van der Waals surface area contributed by atoms with Crippen LogP contribution in [0.4, 0.5) is 0 Å². The molecule has 0 fully saturated rings. The number of nitrogens with zero attached hydrogens (tertiary/aromatic N) is 1. The second-order valence-electron chi connectivity index (χ2n) is 6.51. The molecule has 1 unspecified atom stereocenters. The lowest BCUT2D eigenvalue weighted by Crippen LogP contribution is -2.18. The van der Waals surface area contributed by atoms with Gasteiger partial charge in [-0.3, -0.25) is 0 Å². The van der Waals surface area contributed by atoms with Gasteiger partial charge in [0.05, 0.1) is 40.2 Å². The molecule has 164 valence electrons. The summed E-state index contributed by atoms with van der Waals surface area (Å²) in [6.45, 7) is 4.01. The molecule has 0 saturated carbocycles.